The molecular formula is C18H31N3. The van der Waals surface area contributed by atoms with Crippen molar-refractivity contribution in [2.75, 3.05) is 32.7 Å². The summed E-state index contributed by atoms with van der Waals surface area (Å²) < 4.78 is 0. The van der Waals surface area contributed by atoms with Gasteiger partial charge in [0.15, 0.2) is 0 Å². The van der Waals surface area contributed by atoms with Gasteiger partial charge in [0.2, 0.25) is 0 Å². The lowest BCUT2D eigenvalue weighted by atomic mass is 10.0. The molecule has 21 heavy (non-hydrogen) atoms. The van der Waals surface area contributed by atoms with Crippen LogP contribution in [0.3, 0.4) is 0 Å². The highest BCUT2D eigenvalue weighted by Crippen LogP contribution is 2.17. The molecule has 3 heteroatoms. The summed E-state index contributed by atoms with van der Waals surface area (Å²) in [7, 11) is 0. The fourth-order valence-electron chi connectivity index (χ4n) is 3.34. The molecule has 0 aromatic heterocycles. The standard InChI is InChI=1S/C18H31N3/c1-4-18(7-8-19)21-11-9-20(10-12-21)14-17-13-15(2)5-6-16(17)3/h5-6,13,18H,4,7-12,14,19H2,1-3H3. The normalized spacial score (nSPS) is 18.9. The molecular weight excluding hydrogens is 258 g/mol. The Bertz CT molecular complexity index is 436. The Balaban J connectivity index is 1.88. The summed E-state index contributed by atoms with van der Waals surface area (Å²) in [4.78, 5) is 5.22. The van der Waals surface area contributed by atoms with E-state index in [1.165, 1.54) is 49.3 Å². The minimum atomic E-state index is 0.679. The zero-order chi connectivity index (χ0) is 15.2. The van der Waals surface area contributed by atoms with Crippen LogP contribution in [0.4, 0.5) is 0 Å². The van der Waals surface area contributed by atoms with Crippen molar-refractivity contribution in [2.24, 2.45) is 5.73 Å². The van der Waals surface area contributed by atoms with Gasteiger partial charge in [0.05, 0.1) is 0 Å². The van der Waals surface area contributed by atoms with Crippen LogP contribution in [-0.2, 0) is 6.54 Å². The van der Waals surface area contributed by atoms with E-state index in [9.17, 15) is 0 Å². The lowest BCUT2D eigenvalue weighted by Crippen LogP contribution is -2.50. The van der Waals surface area contributed by atoms with Gasteiger partial charge >= 0.3 is 0 Å². The van der Waals surface area contributed by atoms with Gasteiger partial charge in [0.1, 0.15) is 0 Å². The van der Waals surface area contributed by atoms with Gasteiger partial charge < -0.3 is 5.73 Å². The van der Waals surface area contributed by atoms with E-state index in [1.807, 2.05) is 0 Å². The molecule has 1 aromatic rings. The summed E-state index contributed by atoms with van der Waals surface area (Å²) >= 11 is 0. The Morgan fingerprint density at radius 2 is 1.86 bits per heavy atom. The molecule has 1 aliphatic rings. The smallest absolute Gasteiger partial charge is 0.0237 e. The maximum atomic E-state index is 5.73. The predicted molar refractivity (Wildman–Crippen MR) is 90.5 cm³/mol. The van der Waals surface area contributed by atoms with Crippen molar-refractivity contribution in [3.8, 4) is 0 Å². The molecule has 1 aliphatic heterocycles. The maximum absolute atomic E-state index is 5.73. The number of benzene rings is 1. The number of hydrogen-bond donors (Lipinski definition) is 1. The molecule has 1 heterocycles. The first-order chi connectivity index (χ1) is 10.1. The predicted octanol–water partition coefficient (Wildman–Crippen LogP) is 2.55. The van der Waals surface area contributed by atoms with Gasteiger partial charge in [-0.15, -0.1) is 0 Å². The quantitative estimate of drug-likeness (QED) is 0.873. The average Bonchev–Trinajstić information content (AvgIpc) is 2.49. The molecule has 1 fully saturated rings. The molecule has 0 bridgehead atoms. The van der Waals surface area contributed by atoms with Crippen molar-refractivity contribution < 1.29 is 0 Å². The highest BCUT2D eigenvalue weighted by atomic mass is 15.3. The van der Waals surface area contributed by atoms with Crippen LogP contribution in [0.5, 0.6) is 0 Å². The van der Waals surface area contributed by atoms with E-state index in [0.29, 0.717) is 6.04 Å². The minimum absolute atomic E-state index is 0.679. The second-order valence-electron chi connectivity index (χ2n) is 6.38. The van der Waals surface area contributed by atoms with Crippen LogP contribution < -0.4 is 5.73 Å². The van der Waals surface area contributed by atoms with Crippen LogP contribution in [-0.4, -0.2) is 48.6 Å². The SMILES string of the molecule is CCC(CCN)N1CCN(Cc2cc(C)ccc2C)CC1. The molecule has 0 aliphatic carbocycles. The largest absolute Gasteiger partial charge is 0.330 e. The molecule has 2 N–H and O–H groups in total. The first-order valence-corrected chi connectivity index (χ1v) is 8.36. The zero-order valence-electron chi connectivity index (χ0n) is 13.9. The van der Waals surface area contributed by atoms with Gasteiger partial charge in [0, 0.05) is 38.8 Å². The van der Waals surface area contributed by atoms with E-state index in [2.05, 4.69) is 48.8 Å². The van der Waals surface area contributed by atoms with Gasteiger partial charge in [-0.05, 0) is 44.4 Å². The van der Waals surface area contributed by atoms with Crippen molar-refractivity contribution >= 4 is 0 Å². The number of rotatable bonds is 6. The number of piperazine rings is 1. The van der Waals surface area contributed by atoms with Crippen LogP contribution in [0, 0.1) is 13.8 Å². The van der Waals surface area contributed by atoms with Crippen LogP contribution >= 0.6 is 0 Å². The number of aryl methyl sites for hydroxylation is 2. The summed E-state index contributed by atoms with van der Waals surface area (Å²) in [5.74, 6) is 0. The van der Waals surface area contributed by atoms with Crippen LogP contribution in [0.15, 0.2) is 18.2 Å². The molecule has 0 radical (unpaired) electrons. The van der Waals surface area contributed by atoms with Gasteiger partial charge in [-0.2, -0.15) is 0 Å². The lowest BCUT2D eigenvalue weighted by molar-refractivity contribution is 0.0870. The van der Waals surface area contributed by atoms with Gasteiger partial charge in [-0.3, -0.25) is 9.80 Å². The Kier molecular flexibility index (Phi) is 6.22. The summed E-state index contributed by atoms with van der Waals surface area (Å²) in [5.41, 5.74) is 10.00. The third-order valence-corrected chi connectivity index (χ3v) is 4.79. The Morgan fingerprint density at radius 3 is 2.48 bits per heavy atom. The fraction of sp³-hybridized carbons (Fsp3) is 0.667. The van der Waals surface area contributed by atoms with Gasteiger partial charge in [-0.1, -0.05) is 30.7 Å². The number of hydrogen-bond acceptors (Lipinski definition) is 3. The number of nitrogens with two attached hydrogens (primary N) is 1. The fourth-order valence-corrected chi connectivity index (χ4v) is 3.34. The van der Waals surface area contributed by atoms with Crippen molar-refractivity contribution in [3.63, 3.8) is 0 Å². The maximum Gasteiger partial charge on any atom is 0.0237 e. The van der Waals surface area contributed by atoms with Crippen LogP contribution in [0.1, 0.15) is 36.5 Å². The second-order valence-corrected chi connectivity index (χ2v) is 6.38. The highest BCUT2D eigenvalue weighted by Gasteiger charge is 2.22. The molecule has 1 unspecified atom stereocenters. The molecule has 2 rings (SSSR count). The summed E-state index contributed by atoms with van der Waals surface area (Å²) in [6, 6.07) is 7.47. The van der Waals surface area contributed by atoms with Crippen LogP contribution in [0.25, 0.3) is 0 Å². The third-order valence-electron chi connectivity index (χ3n) is 4.79. The Hall–Kier alpha value is -0.900. The summed E-state index contributed by atoms with van der Waals surface area (Å²) in [6.07, 6.45) is 2.35. The van der Waals surface area contributed by atoms with E-state index in [1.54, 1.807) is 0 Å². The molecule has 0 spiro atoms. The highest BCUT2D eigenvalue weighted by molar-refractivity contribution is 5.30. The summed E-state index contributed by atoms with van der Waals surface area (Å²) in [6.45, 7) is 13.3. The van der Waals surface area contributed by atoms with Gasteiger partial charge in [-0.25, -0.2) is 0 Å². The second kappa shape index (κ2) is 7.92. The molecule has 0 amide bonds. The molecule has 118 valence electrons. The third kappa shape index (κ3) is 4.53. The molecule has 1 saturated heterocycles. The van der Waals surface area contributed by atoms with Crippen molar-refractivity contribution in [1.29, 1.82) is 0 Å². The van der Waals surface area contributed by atoms with Crippen LogP contribution in [0.2, 0.25) is 0 Å². The minimum Gasteiger partial charge on any atom is -0.330 e. The lowest BCUT2D eigenvalue weighted by Gasteiger charge is -2.39. The Labute approximate surface area is 130 Å². The zero-order valence-corrected chi connectivity index (χ0v) is 13.9. The average molecular weight is 289 g/mol. The van der Waals surface area contributed by atoms with E-state index in [0.717, 1.165) is 19.5 Å². The van der Waals surface area contributed by atoms with Crippen molar-refractivity contribution in [3.05, 3.63) is 34.9 Å². The van der Waals surface area contributed by atoms with E-state index in [4.69, 9.17) is 5.73 Å². The van der Waals surface area contributed by atoms with E-state index in [-0.39, 0.29) is 0 Å². The summed E-state index contributed by atoms with van der Waals surface area (Å²) in [5, 5.41) is 0. The monoisotopic (exact) mass is 289 g/mol. The number of nitrogens with zero attached hydrogens (tertiary/aromatic N) is 2. The molecule has 1 aromatic carbocycles. The van der Waals surface area contributed by atoms with E-state index < -0.39 is 0 Å². The van der Waals surface area contributed by atoms with E-state index >= 15 is 0 Å². The molecule has 0 saturated carbocycles. The Morgan fingerprint density at radius 1 is 1.14 bits per heavy atom. The molecule has 1 atom stereocenters. The van der Waals surface area contributed by atoms with Gasteiger partial charge in [0.25, 0.3) is 0 Å². The first-order valence-electron chi connectivity index (χ1n) is 8.36. The first kappa shape index (κ1) is 16.5. The van der Waals surface area contributed by atoms with Crippen molar-refractivity contribution in [1.82, 2.24) is 9.80 Å². The van der Waals surface area contributed by atoms with Crippen molar-refractivity contribution in [2.45, 2.75) is 46.2 Å². The topological polar surface area (TPSA) is 32.5 Å². The molecule has 3 nitrogen and oxygen atoms in total.